The van der Waals surface area contributed by atoms with E-state index in [2.05, 4.69) is 9.88 Å². The van der Waals surface area contributed by atoms with E-state index >= 15 is 0 Å². The molecule has 0 unspecified atom stereocenters. The van der Waals surface area contributed by atoms with Gasteiger partial charge in [-0.25, -0.2) is 9.78 Å². The van der Waals surface area contributed by atoms with Gasteiger partial charge in [-0.3, -0.25) is 9.69 Å². The molecule has 1 aliphatic rings. The fourth-order valence-corrected chi connectivity index (χ4v) is 3.62. The van der Waals surface area contributed by atoms with E-state index in [-0.39, 0.29) is 5.91 Å². The molecule has 31 heavy (non-hydrogen) atoms. The number of rotatable bonds is 7. The molecule has 8 heteroatoms. The van der Waals surface area contributed by atoms with Crippen LogP contribution < -0.4 is 9.47 Å². The van der Waals surface area contributed by atoms with Crippen LogP contribution in [0.4, 0.5) is 0 Å². The van der Waals surface area contributed by atoms with Crippen molar-refractivity contribution in [2.24, 2.45) is 0 Å². The van der Waals surface area contributed by atoms with Crippen LogP contribution in [0.15, 0.2) is 30.3 Å². The summed E-state index contributed by atoms with van der Waals surface area (Å²) in [7, 11) is 3.30. The van der Waals surface area contributed by atoms with E-state index in [0.717, 1.165) is 30.2 Å². The topological polar surface area (TPSA) is 81.2 Å². The molecule has 0 spiro atoms. The van der Waals surface area contributed by atoms with Crippen LogP contribution in [0, 0.1) is 6.92 Å². The molecule has 0 bridgehead atoms. The molecule has 1 aliphatic heterocycles. The van der Waals surface area contributed by atoms with Crippen molar-refractivity contribution in [2.75, 3.05) is 47.0 Å². The molecule has 1 fully saturated rings. The summed E-state index contributed by atoms with van der Waals surface area (Å²) in [6.07, 6.45) is 0. The maximum Gasteiger partial charge on any atom is 0.339 e. The van der Waals surface area contributed by atoms with Crippen LogP contribution in [-0.4, -0.2) is 73.7 Å². The largest absolute Gasteiger partial charge is 0.497 e. The second-order valence-electron chi connectivity index (χ2n) is 7.30. The second kappa shape index (κ2) is 10.3. The summed E-state index contributed by atoms with van der Waals surface area (Å²) in [5.41, 5.74) is 2.27. The molecule has 3 rings (SSSR count). The van der Waals surface area contributed by atoms with Gasteiger partial charge >= 0.3 is 5.97 Å². The van der Waals surface area contributed by atoms with Gasteiger partial charge in [0.15, 0.2) is 0 Å². The van der Waals surface area contributed by atoms with E-state index in [1.165, 1.54) is 0 Å². The van der Waals surface area contributed by atoms with Crippen LogP contribution in [0.25, 0.3) is 0 Å². The fraction of sp³-hybridized carbons (Fsp3) is 0.435. The Hall–Kier alpha value is -3.13. The van der Waals surface area contributed by atoms with E-state index in [0.29, 0.717) is 43.2 Å². The summed E-state index contributed by atoms with van der Waals surface area (Å²) in [5, 5.41) is 0. The molecule has 1 aromatic carbocycles. The first-order chi connectivity index (χ1) is 15.0. The summed E-state index contributed by atoms with van der Waals surface area (Å²) < 4.78 is 15.8. The lowest BCUT2D eigenvalue weighted by atomic mass is 10.1. The molecule has 1 saturated heterocycles. The van der Waals surface area contributed by atoms with Gasteiger partial charge < -0.3 is 19.1 Å². The van der Waals surface area contributed by atoms with Gasteiger partial charge in [0.25, 0.3) is 5.91 Å². The van der Waals surface area contributed by atoms with Crippen LogP contribution in [0.3, 0.4) is 0 Å². The number of hydrogen-bond acceptors (Lipinski definition) is 7. The number of nitrogens with zero attached hydrogens (tertiary/aromatic N) is 3. The predicted molar refractivity (Wildman–Crippen MR) is 116 cm³/mol. The maximum atomic E-state index is 12.9. The third-order valence-corrected chi connectivity index (χ3v) is 5.34. The Labute approximate surface area is 182 Å². The van der Waals surface area contributed by atoms with Crippen molar-refractivity contribution in [3.63, 3.8) is 0 Å². The van der Waals surface area contributed by atoms with Gasteiger partial charge in [-0.05, 0) is 44.2 Å². The van der Waals surface area contributed by atoms with Gasteiger partial charge in [0.1, 0.15) is 17.2 Å². The molecule has 1 amide bonds. The number of aromatic nitrogens is 1. The van der Waals surface area contributed by atoms with Gasteiger partial charge in [0.2, 0.25) is 0 Å². The van der Waals surface area contributed by atoms with E-state index in [1.807, 2.05) is 18.2 Å². The summed E-state index contributed by atoms with van der Waals surface area (Å²) in [6.45, 7) is 7.17. The molecule has 2 aromatic rings. The van der Waals surface area contributed by atoms with E-state index in [9.17, 15) is 9.59 Å². The fourth-order valence-electron chi connectivity index (χ4n) is 3.62. The average Bonchev–Trinajstić information content (AvgIpc) is 2.79. The number of aryl methyl sites for hydroxylation is 1. The zero-order chi connectivity index (χ0) is 22.4. The lowest BCUT2D eigenvalue weighted by molar-refractivity contribution is 0.0522. The van der Waals surface area contributed by atoms with E-state index in [4.69, 9.17) is 14.2 Å². The van der Waals surface area contributed by atoms with Crippen LogP contribution in [0.5, 0.6) is 11.5 Å². The second-order valence-corrected chi connectivity index (χ2v) is 7.30. The van der Waals surface area contributed by atoms with Crippen molar-refractivity contribution in [2.45, 2.75) is 20.4 Å². The Bertz CT molecular complexity index is 939. The predicted octanol–water partition coefficient (Wildman–Crippen LogP) is 2.54. The maximum absolute atomic E-state index is 12.9. The minimum Gasteiger partial charge on any atom is -0.497 e. The molecule has 2 heterocycles. The Morgan fingerprint density at radius 2 is 1.77 bits per heavy atom. The molecule has 1 aromatic heterocycles. The highest BCUT2D eigenvalue weighted by Gasteiger charge is 2.24. The number of methoxy groups -OCH3 is 2. The number of ether oxygens (including phenoxy) is 3. The highest BCUT2D eigenvalue weighted by Crippen LogP contribution is 2.25. The van der Waals surface area contributed by atoms with Crippen molar-refractivity contribution >= 4 is 11.9 Å². The monoisotopic (exact) mass is 427 g/mol. The zero-order valence-electron chi connectivity index (χ0n) is 18.5. The number of carbonyl (C=O) groups is 2. The Morgan fingerprint density at radius 1 is 1.03 bits per heavy atom. The molecule has 0 aliphatic carbocycles. The number of carbonyl (C=O) groups excluding carboxylic acids is 2. The van der Waals surface area contributed by atoms with Crippen molar-refractivity contribution in [1.29, 1.82) is 0 Å². The van der Waals surface area contributed by atoms with Gasteiger partial charge in [-0.2, -0.15) is 0 Å². The molecule has 0 saturated carbocycles. The standard InChI is InChI=1S/C23H29N3O5/c1-5-31-23(28)19-7-8-20(24-16(19)2)22(27)26-12-10-25(11-13-26)15-17-14-18(29-3)6-9-21(17)30-4/h6-9,14H,5,10-13,15H2,1-4H3. The summed E-state index contributed by atoms with van der Waals surface area (Å²) in [6, 6.07) is 8.96. The first kappa shape index (κ1) is 22.6. The molecule has 0 atom stereocenters. The number of benzene rings is 1. The minimum atomic E-state index is -0.423. The van der Waals surface area contributed by atoms with Crippen LogP contribution in [-0.2, 0) is 11.3 Å². The van der Waals surface area contributed by atoms with E-state index < -0.39 is 5.97 Å². The first-order valence-electron chi connectivity index (χ1n) is 10.3. The van der Waals surface area contributed by atoms with Crippen LogP contribution in [0.2, 0.25) is 0 Å². The molecule has 0 radical (unpaired) electrons. The van der Waals surface area contributed by atoms with Crippen molar-refractivity contribution in [3.8, 4) is 11.5 Å². The Kier molecular flexibility index (Phi) is 7.46. The Morgan fingerprint density at radius 3 is 2.39 bits per heavy atom. The number of pyridine rings is 1. The third-order valence-electron chi connectivity index (χ3n) is 5.34. The molecule has 166 valence electrons. The molecule has 8 nitrogen and oxygen atoms in total. The highest BCUT2D eigenvalue weighted by atomic mass is 16.5. The van der Waals surface area contributed by atoms with Gasteiger partial charge in [0, 0.05) is 38.3 Å². The highest BCUT2D eigenvalue weighted by molar-refractivity contribution is 5.95. The molecule has 0 N–H and O–H groups in total. The number of esters is 1. The van der Waals surface area contributed by atoms with Crippen molar-refractivity contribution in [1.82, 2.24) is 14.8 Å². The zero-order valence-corrected chi connectivity index (χ0v) is 18.5. The summed E-state index contributed by atoms with van der Waals surface area (Å²) in [4.78, 5) is 33.3. The molecular formula is C23H29N3O5. The lowest BCUT2D eigenvalue weighted by Crippen LogP contribution is -2.48. The quantitative estimate of drug-likeness (QED) is 0.628. The van der Waals surface area contributed by atoms with Crippen LogP contribution >= 0.6 is 0 Å². The lowest BCUT2D eigenvalue weighted by Gasteiger charge is -2.34. The third kappa shape index (κ3) is 5.32. The van der Waals surface area contributed by atoms with E-state index in [1.54, 1.807) is 45.1 Å². The Balaban J connectivity index is 1.61. The summed E-state index contributed by atoms with van der Waals surface area (Å²) in [5.74, 6) is 1.06. The smallest absolute Gasteiger partial charge is 0.339 e. The SMILES string of the molecule is CCOC(=O)c1ccc(C(=O)N2CCN(Cc3cc(OC)ccc3OC)CC2)nc1C. The van der Waals surface area contributed by atoms with Gasteiger partial charge in [0.05, 0.1) is 32.1 Å². The first-order valence-corrected chi connectivity index (χ1v) is 10.3. The minimum absolute atomic E-state index is 0.128. The average molecular weight is 428 g/mol. The number of hydrogen-bond donors (Lipinski definition) is 0. The van der Waals surface area contributed by atoms with Crippen molar-refractivity contribution in [3.05, 3.63) is 52.8 Å². The number of piperazine rings is 1. The van der Waals surface area contributed by atoms with Gasteiger partial charge in [-0.15, -0.1) is 0 Å². The van der Waals surface area contributed by atoms with Gasteiger partial charge in [-0.1, -0.05) is 0 Å². The van der Waals surface area contributed by atoms with Crippen LogP contribution in [0.1, 0.15) is 39.0 Å². The summed E-state index contributed by atoms with van der Waals surface area (Å²) >= 11 is 0. The van der Waals surface area contributed by atoms with Crippen molar-refractivity contribution < 1.29 is 23.8 Å². The molecular weight excluding hydrogens is 398 g/mol. The number of amides is 1. The normalized spacial score (nSPS) is 14.3.